The molecule has 4 nitrogen and oxygen atoms in total. The van der Waals surface area contributed by atoms with E-state index in [1.807, 2.05) is 47.6 Å². The molecule has 0 spiro atoms. The summed E-state index contributed by atoms with van der Waals surface area (Å²) in [5, 5.41) is 3.95. The van der Waals surface area contributed by atoms with Crippen molar-refractivity contribution in [1.29, 1.82) is 0 Å². The Morgan fingerprint density at radius 1 is 0.840 bits per heavy atom. The Balaban J connectivity index is 0.000000871. The van der Waals surface area contributed by atoms with Gasteiger partial charge in [0.25, 0.3) is 0 Å². The summed E-state index contributed by atoms with van der Waals surface area (Å²) >= 11 is 0. The van der Waals surface area contributed by atoms with Crippen LogP contribution in [-0.4, -0.2) is 42.8 Å². The Morgan fingerprint density at radius 3 is 1.96 bits per heavy atom. The van der Waals surface area contributed by atoms with Crippen LogP contribution in [0.1, 0.15) is 47.2 Å². The van der Waals surface area contributed by atoms with Crippen LogP contribution in [0, 0.1) is 0 Å². The second kappa shape index (κ2) is 15.7. The van der Waals surface area contributed by atoms with Crippen LogP contribution >= 0.6 is 0 Å². The van der Waals surface area contributed by atoms with Gasteiger partial charge in [-0.25, -0.2) is 0 Å². The molecule has 3 rings (SSSR count). The number of aromatic nitrogens is 1. The number of rotatable bonds is 4. The Bertz CT molecular complexity index is 477. The second-order valence-corrected chi connectivity index (χ2v) is 4.91. The molecule has 1 aromatic heterocycles. The first kappa shape index (κ1) is 23.2. The van der Waals surface area contributed by atoms with Gasteiger partial charge < -0.3 is 9.42 Å². The minimum Gasteiger partial charge on any atom is -0.369 e. The fourth-order valence-corrected chi connectivity index (χ4v) is 2.51. The number of hydrogen-bond donors (Lipinski definition) is 0. The van der Waals surface area contributed by atoms with Gasteiger partial charge in [-0.3, -0.25) is 4.90 Å². The molecule has 0 saturated carbocycles. The number of anilines is 1. The van der Waals surface area contributed by atoms with Gasteiger partial charge in [0.1, 0.15) is 6.26 Å². The van der Waals surface area contributed by atoms with Crippen LogP contribution in [0.3, 0.4) is 0 Å². The molecule has 0 unspecified atom stereocenters. The molecule has 2 heterocycles. The zero-order chi connectivity index (χ0) is 18.9. The van der Waals surface area contributed by atoms with Crippen LogP contribution in [0.4, 0.5) is 5.69 Å². The summed E-state index contributed by atoms with van der Waals surface area (Å²) in [7, 11) is 0. The fourth-order valence-electron chi connectivity index (χ4n) is 2.51. The van der Waals surface area contributed by atoms with Gasteiger partial charge in [-0.15, -0.1) is 0 Å². The van der Waals surface area contributed by atoms with Gasteiger partial charge >= 0.3 is 0 Å². The average molecular weight is 348 g/mol. The van der Waals surface area contributed by atoms with Gasteiger partial charge in [0.05, 0.1) is 5.69 Å². The first-order valence-corrected chi connectivity index (χ1v) is 9.83. The number of nitrogens with zero attached hydrogens (tertiary/aromatic N) is 3. The van der Waals surface area contributed by atoms with E-state index in [9.17, 15) is 0 Å². The minimum absolute atomic E-state index is 0.974. The zero-order valence-corrected chi connectivity index (χ0v) is 17.0. The molecule has 25 heavy (non-hydrogen) atoms. The first-order chi connectivity index (χ1) is 12.4. The summed E-state index contributed by atoms with van der Waals surface area (Å²) in [4.78, 5) is 4.95. The van der Waals surface area contributed by atoms with E-state index in [1.54, 1.807) is 6.26 Å². The van der Waals surface area contributed by atoms with Gasteiger partial charge in [-0.2, -0.15) is 0 Å². The van der Waals surface area contributed by atoms with Gasteiger partial charge in [-0.05, 0) is 12.1 Å². The molecular formula is C21H37N3O. The molecule has 1 saturated heterocycles. The summed E-state index contributed by atoms with van der Waals surface area (Å²) in [5.74, 6) is 0. The molecule has 0 aliphatic carbocycles. The van der Waals surface area contributed by atoms with E-state index in [0.29, 0.717) is 0 Å². The third-order valence-corrected chi connectivity index (χ3v) is 3.67. The van der Waals surface area contributed by atoms with E-state index < -0.39 is 0 Å². The lowest BCUT2D eigenvalue weighted by Crippen LogP contribution is -2.47. The number of piperazine rings is 1. The predicted molar refractivity (Wildman–Crippen MR) is 109 cm³/mol. The monoisotopic (exact) mass is 347 g/mol. The van der Waals surface area contributed by atoms with Crippen molar-refractivity contribution < 1.29 is 4.52 Å². The van der Waals surface area contributed by atoms with Gasteiger partial charge in [-0.1, -0.05) is 64.9 Å². The third-order valence-electron chi connectivity index (χ3n) is 3.67. The molecule has 0 radical (unpaired) electrons. The van der Waals surface area contributed by atoms with Gasteiger partial charge in [0.2, 0.25) is 0 Å². The molecule has 142 valence electrons. The highest BCUT2D eigenvalue weighted by molar-refractivity contribution is 5.46. The van der Waals surface area contributed by atoms with E-state index >= 15 is 0 Å². The van der Waals surface area contributed by atoms with Crippen molar-refractivity contribution in [2.75, 3.05) is 37.6 Å². The van der Waals surface area contributed by atoms with Crippen LogP contribution in [0.15, 0.2) is 47.2 Å². The lowest BCUT2D eigenvalue weighted by atomic mass is 10.2. The largest absolute Gasteiger partial charge is 0.369 e. The Morgan fingerprint density at radius 2 is 1.44 bits per heavy atom. The Hall–Kier alpha value is -1.81. The first-order valence-electron chi connectivity index (χ1n) is 9.83. The molecule has 0 N–H and O–H groups in total. The van der Waals surface area contributed by atoms with Crippen molar-refractivity contribution in [3.05, 3.63) is 48.4 Å². The van der Waals surface area contributed by atoms with Crippen LogP contribution in [0.2, 0.25) is 0 Å². The number of hydrogen-bond acceptors (Lipinski definition) is 4. The summed E-state index contributed by atoms with van der Waals surface area (Å²) in [6, 6.07) is 12.6. The molecule has 1 aliphatic rings. The molecule has 1 fully saturated rings. The molecule has 0 bridgehead atoms. The average Bonchev–Trinajstić information content (AvgIpc) is 3.26. The SMILES string of the molecule is CC.CC.CC.c1ccc(N2CCN(CCc3ccon3)CC2)cc1. The summed E-state index contributed by atoms with van der Waals surface area (Å²) in [5.41, 5.74) is 2.38. The molecule has 1 aromatic carbocycles. The van der Waals surface area contributed by atoms with Crippen molar-refractivity contribution >= 4 is 5.69 Å². The quantitative estimate of drug-likeness (QED) is 0.768. The van der Waals surface area contributed by atoms with E-state index in [4.69, 9.17) is 4.52 Å². The minimum atomic E-state index is 0.974. The predicted octanol–water partition coefficient (Wildman–Crippen LogP) is 5.12. The normalized spacial score (nSPS) is 13.4. The Kier molecular flexibility index (Phi) is 14.6. The third kappa shape index (κ3) is 8.73. The van der Waals surface area contributed by atoms with Gasteiger partial charge in [0, 0.05) is 50.9 Å². The van der Waals surface area contributed by atoms with E-state index in [-0.39, 0.29) is 0 Å². The molecule has 1 aliphatic heterocycles. The van der Waals surface area contributed by atoms with Crippen molar-refractivity contribution in [2.45, 2.75) is 48.0 Å². The summed E-state index contributed by atoms with van der Waals surface area (Å²) in [6.07, 6.45) is 2.62. The molecule has 2 aromatic rings. The van der Waals surface area contributed by atoms with Crippen LogP contribution in [0.25, 0.3) is 0 Å². The van der Waals surface area contributed by atoms with Crippen LogP contribution < -0.4 is 4.90 Å². The van der Waals surface area contributed by atoms with Crippen molar-refractivity contribution in [3.8, 4) is 0 Å². The standard InChI is InChI=1S/C15H19N3O.3C2H6/c1-2-4-15(5-3-1)18-11-9-17(10-12-18)8-6-14-7-13-19-16-14;3*1-2/h1-5,7,13H,6,8-12H2;3*1-2H3. The highest BCUT2D eigenvalue weighted by Gasteiger charge is 2.16. The molecular weight excluding hydrogens is 310 g/mol. The fraction of sp³-hybridized carbons (Fsp3) is 0.571. The lowest BCUT2D eigenvalue weighted by Gasteiger charge is -2.36. The molecule has 0 amide bonds. The molecule has 0 atom stereocenters. The highest BCUT2D eigenvalue weighted by Crippen LogP contribution is 2.15. The highest BCUT2D eigenvalue weighted by atomic mass is 16.5. The second-order valence-electron chi connectivity index (χ2n) is 4.91. The number of para-hydroxylation sites is 1. The van der Waals surface area contributed by atoms with Gasteiger partial charge in [0.15, 0.2) is 0 Å². The smallest absolute Gasteiger partial charge is 0.124 e. The topological polar surface area (TPSA) is 32.5 Å². The summed E-state index contributed by atoms with van der Waals surface area (Å²) < 4.78 is 4.85. The van der Waals surface area contributed by atoms with Crippen molar-refractivity contribution in [1.82, 2.24) is 10.1 Å². The van der Waals surface area contributed by atoms with Crippen LogP contribution in [-0.2, 0) is 6.42 Å². The maximum atomic E-state index is 4.85. The maximum Gasteiger partial charge on any atom is 0.124 e. The van der Waals surface area contributed by atoms with E-state index in [2.05, 4.69) is 45.3 Å². The Labute approximate surface area is 154 Å². The number of benzene rings is 1. The van der Waals surface area contributed by atoms with Crippen molar-refractivity contribution in [3.63, 3.8) is 0 Å². The van der Waals surface area contributed by atoms with Crippen molar-refractivity contribution in [2.24, 2.45) is 0 Å². The zero-order valence-electron chi connectivity index (χ0n) is 17.0. The van der Waals surface area contributed by atoms with Crippen LogP contribution in [0.5, 0.6) is 0 Å². The maximum absolute atomic E-state index is 4.85. The molecule has 4 heteroatoms. The lowest BCUT2D eigenvalue weighted by molar-refractivity contribution is 0.259. The summed E-state index contributed by atoms with van der Waals surface area (Å²) in [6.45, 7) is 17.5. The van der Waals surface area contributed by atoms with E-state index in [1.165, 1.54) is 5.69 Å². The van der Waals surface area contributed by atoms with E-state index in [0.717, 1.165) is 44.8 Å².